The van der Waals surface area contributed by atoms with Crippen LogP contribution in [0.1, 0.15) is 40.6 Å². The average molecular weight is 617 g/mol. The molecule has 0 aromatic heterocycles. The fourth-order valence-corrected chi connectivity index (χ4v) is 5.92. The van der Waals surface area contributed by atoms with Gasteiger partial charge in [-0.05, 0) is 72.0 Å². The summed E-state index contributed by atoms with van der Waals surface area (Å²) < 4.78 is 34.4. The van der Waals surface area contributed by atoms with Crippen LogP contribution in [0, 0.1) is 0 Å². The fraction of sp³-hybridized carbons (Fsp3) is 0.379. The molecule has 6 rings (SSSR count). The van der Waals surface area contributed by atoms with Crippen LogP contribution >= 0.6 is 24.0 Å². The minimum absolute atomic E-state index is 0. The lowest BCUT2D eigenvalue weighted by Gasteiger charge is -2.46. The molecule has 8 heteroatoms. The summed E-state index contributed by atoms with van der Waals surface area (Å²) in [6, 6.07) is 16.5. The first-order valence-electron chi connectivity index (χ1n) is 12.4. The normalized spacial score (nSPS) is 19.1. The topological polar surface area (TPSA) is 58.6 Å². The minimum Gasteiger partial charge on any atom is -0.497 e. The molecule has 0 aliphatic carbocycles. The van der Waals surface area contributed by atoms with E-state index in [4.69, 9.17) is 28.4 Å². The van der Waals surface area contributed by atoms with Crippen molar-refractivity contribution in [3.63, 3.8) is 0 Å². The lowest BCUT2D eigenvalue weighted by Crippen LogP contribution is -2.42. The van der Waals surface area contributed by atoms with Crippen molar-refractivity contribution < 1.29 is 28.4 Å². The first kappa shape index (κ1) is 25.8. The molecule has 0 amide bonds. The summed E-state index contributed by atoms with van der Waals surface area (Å²) in [6.45, 7) is 2.65. The zero-order valence-electron chi connectivity index (χ0n) is 21.3. The summed E-state index contributed by atoms with van der Waals surface area (Å²) in [5.74, 6) is 5.15. The molecule has 0 spiro atoms. The number of methoxy groups -OCH3 is 3. The maximum atomic E-state index is 6.19. The van der Waals surface area contributed by atoms with Crippen LogP contribution in [0.2, 0.25) is 0 Å². The van der Waals surface area contributed by atoms with E-state index in [1.54, 1.807) is 21.3 Å². The van der Waals surface area contributed by atoms with Crippen molar-refractivity contribution in [3.05, 3.63) is 70.8 Å². The van der Waals surface area contributed by atoms with E-state index in [0.717, 1.165) is 60.4 Å². The number of hydrogen-bond donors (Lipinski definition) is 0. The quantitative estimate of drug-likeness (QED) is 0.314. The molecule has 3 aliphatic heterocycles. The molecule has 3 aromatic rings. The molecule has 2 unspecified atom stereocenters. The number of nitrogens with zero attached hydrogens (tertiary/aromatic N) is 1. The van der Waals surface area contributed by atoms with Crippen molar-refractivity contribution in [1.29, 1.82) is 0 Å². The Morgan fingerprint density at radius 1 is 0.865 bits per heavy atom. The van der Waals surface area contributed by atoms with Gasteiger partial charge in [0.1, 0.15) is 11.5 Å². The van der Waals surface area contributed by atoms with Crippen LogP contribution in [0.15, 0.2) is 48.5 Å². The molecule has 0 bridgehead atoms. The summed E-state index contributed by atoms with van der Waals surface area (Å²) in [6.07, 6.45) is 1.82. The molecule has 3 heterocycles. The van der Waals surface area contributed by atoms with Crippen molar-refractivity contribution in [2.45, 2.75) is 31.3 Å². The molecule has 37 heavy (non-hydrogen) atoms. The largest absolute Gasteiger partial charge is 0.497 e. The Hall–Kier alpha value is -2.85. The molecular formula is C29H32INO6. The van der Waals surface area contributed by atoms with Crippen LogP contribution < -0.4 is 28.4 Å². The highest BCUT2D eigenvalue weighted by Gasteiger charge is 2.41. The van der Waals surface area contributed by atoms with Crippen LogP contribution in [0.25, 0.3) is 0 Å². The standard InChI is InChI=1S/C29H31NO6.HI/c1-31-19-4-6-20(7-5-19)34-13-11-22-21-8-9-25(32-2)29(33-3)24(21)16-30-12-10-18-14-26-27(36-17-35-26)15-23(18)28(22)30;/h4-9,14-15,22,28H,10-13,16-17H2,1-3H3;1H. The molecule has 3 aliphatic rings. The summed E-state index contributed by atoms with van der Waals surface area (Å²) in [7, 11) is 5.08. The van der Waals surface area contributed by atoms with Crippen molar-refractivity contribution in [2.75, 3.05) is 41.3 Å². The predicted octanol–water partition coefficient (Wildman–Crippen LogP) is 5.72. The third kappa shape index (κ3) is 4.65. The van der Waals surface area contributed by atoms with Crippen molar-refractivity contribution in [3.8, 4) is 34.5 Å². The number of halogens is 1. The molecule has 3 aromatic carbocycles. The second-order valence-corrected chi connectivity index (χ2v) is 9.36. The van der Waals surface area contributed by atoms with E-state index in [2.05, 4.69) is 23.1 Å². The highest BCUT2D eigenvalue weighted by Crippen LogP contribution is 2.52. The molecule has 0 N–H and O–H groups in total. The van der Waals surface area contributed by atoms with Crippen LogP contribution in [0.4, 0.5) is 0 Å². The third-order valence-electron chi connectivity index (χ3n) is 7.60. The van der Waals surface area contributed by atoms with Gasteiger partial charge in [-0.2, -0.15) is 0 Å². The number of hydrogen-bond acceptors (Lipinski definition) is 7. The van der Waals surface area contributed by atoms with Crippen molar-refractivity contribution in [1.82, 2.24) is 4.90 Å². The van der Waals surface area contributed by atoms with Crippen molar-refractivity contribution >= 4 is 24.0 Å². The summed E-state index contributed by atoms with van der Waals surface area (Å²) >= 11 is 0. The van der Waals surface area contributed by atoms with Gasteiger partial charge in [-0.25, -0.2) is 0 Å². The zero-order chi connectivity index (χ0) is 24.6. The molecule has 0 radical (unpaired) electrons. The number of benzene rings is 3. The van der Waals surface area contributed by atoms with Crippen LogP contribution in [-0.4, -0.2) is 46.2 Å². The summed E-state index contributed by atoms with van der Waals surface area (Å²) in [5.41, 5.74) is 5.15. The van der Waals surface area contributed by atoms with E-state index in [1.165, 1.54) is 22.3 Å². The molecule has 0 fully saturated rings. The highest BCUT2D eigenvalue weighted by molar-refractivity contribution is 14.0. The van der Waals surface area contributed by atoms with Gasteiger partial charge in [0.2, 0.25) is 6.79 Å². The van der Waals surface area contributed by atoms with Crippen LogP contribution in [0.3, 0.4) is 0 Å². The Morgan fingerprint density at radius 3 is 2.35 bits per heavy atom. The Kier molecular flexibility index (Phi) is 7.57. The van der Waals surface area contributed by atoms with Gasteiger partial charge >= 0.3 is 0 Å². The third-order valence-corrected chi connectivity index (χ3v) is 7.60. The number of fused-ring (bicyclic) bond motifs is 5. The van der Waals surface area contributed by atoms with E-state index < -0.39 is 0 Å². The second-order valence-electron chi connectivity index (χ2n) is 9.36. The maximum absolute atomic E-state index is 6.19. The lowest BCUT2D eigenvalue weighted by atomic mass is 9.75. The Morgan fingerprint density at radius 2 is 1.62 bits per heavy atom. The second kappa shape index (κ2) is 10.9. The van der Waals surface area contributed by atoms with E-state index in [9.17, 15) is 0 Å². The molecule has 196 valence electrons. The summed E-state index contributed by atoms with van der Waals surface area (Å²) in [5, 5.41) is 0. The Balaban J connectivity index is 0.00000280. The first-order chi connectivity index (χ1) is 17.7. The molecular weight excluding hydrogens is 585 g/mol. The number of ether oxygens (including phenoxy) is 6. The first-order valence-corrected chi connectivity index (χ1v) is 12.4. The van der Waals surface area contributed by atoms with E-state index in [1.807, 2.05) is 30.3 Å². The fourth-order valence-electron chi connectivity index (χ4n) is 5.92. The van der Waals surface area contributed by atoms with Crippen LogP contribution in [0.5, 0.6) is 34.5 Å². The van der Waals surface area contributed by atoms with Gasteiger partial charge < -0.3 is 28.4 Å². The van der Waals surface area contributed by atoms with Crippen molar-refractivity contribution in [2.24, 2.45) is 0 Å². The Labute approximate surface area is 234 Å². The van der Waals surface area contributed by atoms with Gasteiger partial charge in [-0.3, -0.25) is 4.90 Å². The SMILES string of the molecule is COc1ccc(OCCC2c3ccc(OC)c(OC)c3CN3CCc4cc5c(cc4C23)OCO5)cc1.I. The summed E-state index contributed by atoms with van der Waals surface area (Å²) in [4.78, 5) is 2.56. The van der Waals surface area contributed by atoms with E-state index in [0.29, 0.717) is 6.61 Å². The lowest BCUT2D eigenvalue weighted by molar-refractivity contribution is 0.119. The van der Waals surface area contributed by atoms with Gasteiger partial charge in [0, 0.05) is 30.6 Å². The smallest absolute Gasteiger partial charge is 0.231 e. The number of rotatable bonds is 7. The predicted molar refractivity (Wildman–Crippen MR) is 150 cm³/mol. The maximum Gasteiger partial charge on any atom is 0.231 e. The molecule has 0 saturated carbocycles. The van der Waals surface area contributed by atoms with Crippen LogP contribution in [-0.2, 0) is 13.0 Å². The minimum atomic E-state index is 0. The van der Waals surface area contributed by atoms with Gasteiger partial charge in [-0.15, -0.1) is 24.0 Å². The van der Waals surface area contributed by atoms with Gasteiger partial charge in [0.25, 0.3) is 0 Å². The van der Waals surface area contributed by atoms with E-state index in [-0.39, 0.29) is 42.7 Å². The van der Waals surface area contributed by atoms with E-state index >= 15 is 0 Å². The molecule has 0 saturated heterocycles. The monoisotopic (exact) mass is 617 g/mol. The zero-order valence-corrected chi connectivity index (χ0v) is 23.7. The van der Waals surface area contributed by atoms with Gasteiger partial charge in [0.15, 0.2) is 23.0 Å². The average Bonchev–Trinajstić information content (AvgIpc) is 3.38. The van der Waals surface area contributed by atoms with Gasteiger partial charge in [-0.1, -0.05) is 6.07 Å². The molecule has 7 nitrogen and oxygen atoms in total. The van der Waals surface area contributed by atoms with Gasteiger partial charge in [0.05, 0.1) is 27.9 Å². The Bertz CT molecular complexity index is 1260. The highest BCUT2D eigenvalue weighted by atomic mass is 127. The molecule has 2 atom stereocenters.